The fourth-order valence-corrected chi connectivity index (χ4v) is 6.87. The van der Waals surface area contributed by atoms with Gasteiger partial charge in [-0.15, -0.1) is 10.2 Å². The topological polar surface area (TPSA) is 61.4 Å². The van der Waals surface area contributed by atoms with Crippen LogP contribution in [-0.4, -0.2) is 31.5 Å². The number of para-hydroxylation sites is 2. The second kappa shape index (κ2) is 8.55. The molecule has 0 N–H and O–H groups in total. The molecule has 4 aromatic rings. The third-order valence-electron chi connectivity index (χ3n) is 7.50. The molecule has 7 heteroatoms. The highest BCUT2D eigenvalue weighted by Gasteiger charge is 2.44. The highest BCUT2D eigenvalue weighted by atomic mass is 32.2. The average Bonchev–Trinajstić information content (AvgIpc) is 3.26. The lowest BCUT2D eigenvalue weighted by molar-refractivity contribution is 0.284. The number of methoxy groups -OCH3 is 1. The van der Waals surface area contributed by atoms with Crippen LogP contribution in [0.3, 0.4) is 0 Å². The van der Waals surface area contributed by atoms with Crippen LogP contribution in [0, 0.1) is 0 Å². The Hall–Kier alpha value is -3.06. The van der Waals surface area contributed by atoms with E-state index < -0.39 is 0 Å². The predicted octanol–water partition coefficient (Wildman–Crippen LogP) is 5.81. The van der Waals surface area contributed by atoms with Crippen molar-refractivity contribution in [3.05, 3.63) is 70.0 Å². The predicted molar refractivity (Wildman–Crippen MR) is 140 cm³/mol. The normalized spacial score (nSPS) is 16.5. The Morgan fingerprint density at radius 1 is 1.00 bits per heavy atom. The molecule has 1 spiro atoms. The fourth-order valence-electron chi connectivity index (χ4n) is 6.08. The van der Waals surface area contributed by atoms with Gasteiger partial charge in [0.1, 0.15) is 5.75 Å². The summed E-state index contributed by atoms with van der Waals surface area (Å²) < 4.78 is 9.57. The maximum atomic E-state index is 14.6. The van der Waals surface area contributed by atoms with Crippen LogP contribution in [0.2, 0.25) is 0 Å². The smallest absolute Gasteiger partial charge is 0.264 e. The zero-order valence-electron chi connectivity index (χ0n) is 20.5. The molecule has 0 saturated heterocycles. The molecular weight excluding hydrogens is 456 g/mol. The number of hydrogen-bond donors (Lipinski definition) is 0. The summed E-state index contributed by atoms with van der Waals surface area (Å²) in [5.41, 5.74) is 4.85. The first-order valence-corrected chi connectivity index (χ1v) is 13.3. The number of fused-ring (bicyclic) bond motifs is 6. The second-order valence-electron chi connectivity index (χ2n) is 10.00. The van der Waals surface area contributed by atoms with Crippen LogP contribution < -0.4 is 10.3 Å². The first-order chi connectivity index (χ1) is 17.0. The molecule has 0 aliphatic heterocycles. The Labute approximate surface area is 209 Å². The van der Waals surface area contributed by atoms with Crippen molar-refractivity contribution in [1.29, 1.82) is 0 Å². The minimum absolute atomic E-state index is 0.00176. The van der Waals surface area contributed by atoms with Gasteiger partial charge in [0.2, 0.25) is 5.78 Å². The van der Waals surface area contributed by atoms with Crippen LogP contribution in [0.5, 0.6) is 5.75 Å². The van der Waals surface area contributed by atoms with Gasteiger partial charge in [0, 0.05) is 21.8 Å². The molecule has 1 fully saturated rings. The molecule has 2 aliphatic carbocycles. The SMILES string of the molecule is COc1ccccc1-n1c(=O)c2c(n3c(SC(C)C)nnc13)-c1ccccc1CC21CCCCC1. The number of benzene rings is 2. The Morgan fingerprint density at radius 3 is 2.51 bits per heavy atom. The lowest BCUT2D eigenvalue weighted by Crippen LogP contribution is -2.43. The van der Waals surface area contributed by atoms with Gasteiger partial charge >= 0.3 is 0 Å². The summed E-state index contributed by atoms with van der Waals surface area (Å²) in [5, 5.41) is 10.3. The Morgan fingerprint density at radius 2 is 1.74 bits per heavy atom. The maximum absolute atomic E-state index is 14.6. The zero-order valence-corrected chi connectivity index (χ0v) is 21.3. The van der Waals surface area contributed by atoms with Crippen molar-refractivity contribution in [3.8, 4) is 22.7 Å². The van der Waals surface area contributed by atoms with Gasteiger partial charge in [0.25, 0.3) is 5.56 Å². The summed E-state index contributed by atoms with van der Waals surface area (Å²) in [6, 6.07) is 16.2. The van der Waals surface area contributed by atoms with Gasteiger partial charge in [0.05, 0.1) is 18.5 Å². The van der Waals surface area contributed by atoms with Crippen molar-refractivity contribution in [1.82, 2.24) is 19.2 Å². The van der Waals surface area contributed by atoms with Crippen LogP contribution in [0.15, 0.2) is 58.5 Å². The van der Waals surface area contributed by atoms with Crippen molar-refractivity contribution < 1.29 is 4.74 Å². The van der Waals surface area contributed by atoms with Crippen molar-refractivity contribution in [2.24, 2.45) is 0 Å². The van der Waals surface area contributed by atoms with Gasteiger partial charge in [-0.05, 0) is 37.0 Å². The lowest BCUT2D eigenvalue weighted by atomic mass is 9.62. The van der Waals surface area contributed by atoms with Crippen molar-refractivity contribution >= 4 is 17.5 Å². The first kappa shape index (κ1) is 22.4. The van der Waals surface area contributed by atoms with Gasteiger partial charge in [-0.3, -0.25) is 9.20 Å². The third-order valence-corrected chi connectivity index (χ3v) is 8.45. The molecule has 35 heavy (non-hydrogen) atoms. The Bertz CT molecular complexity index is 1480. The Balaban J connectivity index is 1.80. The van der Waals surface area contributed by atoms with E-state index in [4.69, 9.17) is 4.74 Å². The van der Waals surface area contributed by atoms with Crippen LogP contribution in [0.1, 0.15) is 57.1 Å². The summed E-state index contributed by atoms with van der Waals surface area (Å²) in [6.45, 7) is 4.32. The maximum Gasteiger partial charge on any atom is 0.264 e. The molecule has 6 nitrogen and oxygen atoms in total. The van der Waals surface area contributed by atoms with E-state index in [9.17, 15) is 4.79 Å². The van der Waals surface area contributed by atoms with Crippen LogP contribution >= 0.6 is 11.8 Å². The van der Waals surface area contributed by atoms with Crippen molar-refractivity contribution in [2.45, 2.75) is 68.2 Å². The molecule has 2 aromatic heterocycles. The number of nitrogens with zero attached hydrogens (tertiary/aromatic N) is 4. The molecule has 1 saturated carbocycles. The van der Waals surface area contributed by atoms with E-state index in [1.54, 1.807) is 23.4 Å². The first-order valence-electron chi connectivity index (χ1n) is 12.5. The van der Waals surface area contributed by atoms with Gasteiger partial charge in [-0.2, -0.15) is 0 Å². The summed E-state index contributed by atoms with van der Waals surface area (Å²) in [4.78, 5) is 14.6. The quantitative estimate of drug-likeness (QED) is 0.341. The minimum Gasteiger partial charge on any atom is -0.495 e. The standard InChI is InChI=1S/C28H30N4O2S/c1-18(2)35-27-30-29-26-31(21-13-7-8-14-22(21)34-3)25(33)23-24(32(26)27)20-12-6-5-11-19(20)17-28(23)15-9-4-10-16-28/h5-8,11-14,18H,4,9-10,15-17H2,1-3H3. The van der Waals surface area contributed by atoms with Crippen LogP contribution in [0.25, 0.3) is 22.7 Å². The van der Waals surface area contributed by atoms with E-state index in [2.05, 4.69) is 52.7 Å². The fraction of sp³-hybridized carbons (Fsp3) is 0.393. The van der Waals surface area contributed by atoms with E-state index in [1.165, 1.54) is 12.0 Å². The molecule has 0 bridgehead atoms. The van der Waals surface area contributed by atoms with Gasteiger partial charge in [-0.25, -0.2) is 4.57 Å². The molecule has 6 rings (SSSR count). The highest BCUT2D eigenvalue weighted by molar-refractivity contribution is 7.99. The van der Waals surface area contributed by atoms with Gasteiger partial charge in [0.15, 0.2) is 5.16 Å². The van der Waals surface area contributed by atoms with Crippen LogP contribution in [0.4, 0.5) is 0 Å². The minimum atomic E-state index is -0.180. The summed E-state index contributed by atoms with van der Waals surface area (Å²) in [5.74, 6) is 1.18. The molecule has 0 radical (unpaired) electrons. The average molecular weight is 487 g/mol. The number of hydrogen-bond acceptors (Lipinski definition) is 5. The van der Waals surface area contributed by atoms with E-state index in [0.717, 1.165) is 54.1 Å². The summed E-state index contributed by atoms with van der Waals surface area (Å²) in [7, 11) is 1.64. The van der Waals surface area contributed by atoms with E-state index in [0.29, 0.717) is 22.5 Å². The summed E-state index contributed by atoms with van der Waals surface area (Å²) in [6.07, 6.45) is 6.46. The molecule has 0 unspecified atom stereocenters. The number of aromatic nitrogens is 4. The molecule has 0 amide bonds. The number of ether oxygens (including phenoxy) is 1. The third kappa shape index (κ3) is 3.43. The highest BCUT2D eigenvalue weighted by Crippen LogP contribution is 2.50. The van der Waals surface area contributed by atoms with Gasteiger partial charge < -0.3 is 4.74 Å². The van der Waals surface area contributed by atoms with E-state index >= 15 is 0 Å². The van der Waals surface area contributed by atoms with Gasteiger partial charge in [-0.1, -0.05) is 81.3 Å². The molecule has 0 atom stereocenters. The summed E-state index contributed by atoms with van der Waals surface area (Å²) >= 11 is 1.68. The van der Waals surface area contributed by atoms with Crippen molar-refractivity contribution in [3.63, 3.8) is 0 Å². The molecule has 180 valence electrons. The van der Waals surface area contributed by atoms with Crippen LogP contribution in [-0.2, 0) is 11.8 Å². The molecular formula is C28H30N4O2S. The lowest BCUT2D eigenvalue weighted by Gasteiger charge is -2.42. The molecule has 2 heterocycles. The molecule has 2 aromatic carbocycles. The number of rotatable bonds is 4. The Kier molecular flexibility index (Phi) is 5.48. The zero-order chi connectivity index (χ0) is 24.2. The van der Waals surface area contributed by atoms with Crippen molar-refractivity contribution in [2.75, 3.05) is 7.11 Å². The molecule has 2 aliphatic rings. The second-order valence-corrected chi connectivity index (χ2v) is 11.5. The van der Waals surface area contributed by atoms with E-state index in [1.807, 2.05) is 24.3 Å². The number of thioether (sulfide) groups is 1. The monoisotopic (exact) mass is 486 g/mol. The largest absolute Gasteiger partial charge is 0.495 e. The van der Waals surface area contributed by atoms with E-state index in [-0.39, 0.29) is 11.0 Å².